The van der Waals surface area contributed by atoms with Crippen molar-refractivity contribution in [2.75, 3.05) is 6.61 Å². The van der Waals surface area contributed by atoms with Crippen LogP contribution in [0.1, 0.15) is 27.7 Å². The molecule has 1 heterocycles. The molecule has 0 aromatic carbocycles. The summed E-state index contributed by atoms with van der Waals surface area (Å²) in [6, 6.07) is 0. The lowest BCUT2D eigenvalue weighted by Crippen LogP contribution is -2.61. The Balaban J connectivity index is 3.28. The predicted octanol–water partition coefficient (Wildman–Crippen LogP) is 0.172. The molecule has 0 radical (unpaired) electrons. The van der Waals surface area contributed by atoms with Crippen LogP contribution in [0.3, 0.4) is 0 Å². The minimum absolute atomic E-state index is 0.318. The van der Waals surface area contributed by atoms with Crippen molar-refractivity contribution in [1.82, 2.24) is 0 Å². The van der Waals surface area contributed by atoms with Crippen molar-refractivity contribution in [3.63, 3.8) is 0 Å². The van der Waals surface area contributed by atoms with Crippen molar-refractivity contribution >= 4 is 41.3 Å². The Kier molecular flexibility index (Phi) is 8.30. The molecular weight excluding hydrogens is 370 g/mol. The van der Waals surface area contributed by atoms with Gasteiger partial charge in [0, 0.05) is 27.7 Å². The Morgan fingerprint density at radius 3 is 1.85 bits per heavy atom. The summed E-state index contributed by atoms with van der Waals surface area (Å²) in [6.07, 6.45) is -5.96. The zero-order chi connectivity index (χ0) is 19.9. The van der Waals surface area contributed by atoms with Gasteiger partial charge in [-0.2, -0.15) is 4.99 Å². The zero-order valence-electron chi connectivity index (χ0n) is 14.6. The molecular formula is C15H19NO9S. The lowest BCUT2D eigenvalue weighted by molar-refractivity contribution is -0.250. The maximum Gasteiger partial charge on any atom is 0.303 e. The molecule has 1 fully saturated rings. The van der Waals surface area contributed by atoms with E-state index in [0.29, 0.717) is 0 Å². The number of isothiocyanates is 1. The predicted molar refractivity (Wildman–Crippen MR) is 87.0 cm³/mol. The largest absolute Gasteiger partial charge is 0.463 e. The van der Waals surface area contributed by atoms with E-state index in [4.69, 9.17) is 23.7 Å². The third kappa shape index (κ3) is 6.51. The van der Waals surface area contributed by atoms with Gasteiger partial charge in [-0.25, -0.2) is 0 Å². The van der Waals surface area contributed by atoms with Crippen LogP contribution in [0.5, 0.6) is 0 Å². The molecule has 0 aromatic rings. The third-order valence-corrected chi connectivity index (χ3v) is 3.25. The van der Waals surface area contributed by atoms with E-state index in [0.717, 1.165) is 20.8 Å². The van der Waals surface area contributed by atoms with Crippen molar-refractivity contribution in [2.45, 2.75) is 58.3 Å². The van der Waals surface area contributed by atoms with E-state index in [2.05, 4.69) is 22.4 Å². The number of carbonyl (C=O) groups excluding carboxylic acids is 4. The Morgan fingerprint density at radius 1 is 0.885 bits per heavy atom. The Bertz CT molecular complexity index is 616. The van der Waals surface area contributed by atoms with Crippen molar-refractivity contribution in [2.24, 2.45) is 4.99 Å². The van der Waals surface area contributed by atoms with Gasteiger partial charge in [0.15, 0.2) is 24.5 Å². The normalized spacial score (nSPS) is 27.5. The molecule has 0 N–H and O–H groups in total. The average Bonchev–Trinajstić information content (AvgIpc) is 2.50. The summed E-state index contributed by atoms with van der Waals surface area (Å²) < 4.78 is 26.0. The zero-order valence-corrected chi connectivity index (χ0v) is 15.4. The number of thiocarbonyl (C=S) groups is 1. The quantitative estimate of drug-likeness (QED) is 0.268. The van der Waals surface area contributed by atoms with Gasteiger partial charge in [-0.3, -0.25) is 19.2 Å². The summed E-state index contributed by atoms with van der Waals surface area (Å²) in [6.45, 7) is 4.26. The van der Waals surface area contributed by atoms with Crippen LogP contribution in [-0.2, 0) is 42.9 Å². The second kappa shape index (κ2) is 9.95. The lowest BCUT2D eigenvalue weighted by atomic mass is 9.97. The minimum atomic E-state index is -1.26. The maximum atomic E-state index is 11.5. The molecule has 1 aliphatic rings. The Labute approximate surface area is 154 Å². The number of ether oxygens (including phenoxy) is 5. The van der Waals surface area contributed by atoms with Gasteiger partial charge < -0.3 is 23.7 Å². The molecule has 5 atom stereocenters. The number of esters is 4. The van der Waals surface area contributed by atoms with Crippen LogP contribution in [0.25, 0.3) is 0 Å². The first-order valence-electron chi connectivity index (χ1n) is 7.53. The topological polar surface area (TPSA) is 127 Å². The molecule has 144 valence electrons. The van der Waals surface area contributed by atoms with E-state index in [9.17, 15) is 19.2 Å². The van der Waals surface area contributed by atoms with E-state index in [1.54, 1.807) is 0 Å². The third-order valence-electron chi connectivity index (χ3n) is 3.15. The standard InChI is InChI=1S/C15H19NO9S/c1-7(17)21-5-11-12(22-8(2)18)13(23-9(3)19)14(24-10(4)20)15(25-11)16-6-26/h11-15H,5H2,1-4H3/t11-,12?,13+,14-,15-/m1/s1. The molecule has 1 saturated heterocycles. The van der Waals surface area contributed by atoms with Crippen LogP contribution < -0.4 is 0 Å². The molecule has 0 bridgehead atoms. The molecule has 1 aliphatic heterocycles. The lowest BCUT2D eigenvalue weighted by Gasteiger charge is -2.42. The van der Waals surface area contributed by atoms with Gasteiger partial charge in [-0.15, -0.1) is 0 Å². The molecule has 0 spiro atoms. The molecule has 26 heavy (non-hydrogen) atoms. The highest BCUT2D eigenvalue weighted by Crippen LogP contribution is 2.29. The highest BCUT2D eigenvalue weighted by atomic mass is 32.1. The van der Waals surface area contributed by atoms with Crippen molar-refractivity contribution < 1.29 is 42.9 Å². The first kappa shape index (κ1) is 21.7. The molecule has 1 rings (SSSR count). The van der Waals surface area contributed by atoms with Crippen molar-refractivity contribution in [1.29, 1.82) is 0 Å². The fraction of sp³-hybridized carbons (Fsp3) is 0.667. The molecule has 1 unspecified atom stereocenters. The van der Waals surface area contributed by atoms with Gasteiger partial charge in [-0.1, -0.05) is 0 Å². The van der Waals surface area contributed by atoms with E-state index < -0.39 is 54.5 Å². The maximum absolute atomic E-state index is 11.5. The fourth-order valence-electron chi connectivity index (χ4n) is 2.36. The summed E-state index contributed by atoms with van der Waals surface area (Å²) in [5, 5.41) is 2.09. The number of carbonyl (C=O) groups is 4. The van der Waals surface area contributed by atoms with Gasteiger partial charge in [0.1, 0.15) is 12.7 Å². The highest BCUT2D eigenvalue weighted by Gasteiger charge is 2.52. The molecule has 0 aliphatic carbocycles. The van der Waals surface area contributed by atoms with E-state index in [1.807, 2.05) is 0 Å². The smallest absolute Gasteiger partial charge is 0.303 e. The van der Waals surface area contributed by atoms with Gasteiger partial charge in [0.25, 0.3) is 0 Å². The second-order valence-electron chi connectivity index (χ2n) is 5.31. The first-order chi connectivity index (χ1) is 12.1. The second-order valence-corrected chi connectivity index (χ2v) is 5.49. The minimum Gasteiger partial charge on any atom is -0.463 e. The van der Waals surface area contributed by atoms with Gasteiger partial charge in [-0.05, 0) is 12.2 Å². The number of hydrogen-bond acceptors (Lipinski definition) is 11. The Morgan fingerprint density at radius 2 is 1.38 bits per heavy atom. The van der Waals surface area contributed by atoms with Crippen LogP contribution in [-0.4, -0.2) is 66.3 Å². The fourth-order valence-corrected chi connectivity index (χ4v) is 2.47. The molecule has 11 heteroatoms. The van der Waals surface area contributed by atoms with Gasteiger partial charge in [0.2, 0.25) is 0 Å². The summed E-state index contributed by atoms with van der Waals surface area (Å²) in [5.74, 6) is -2.74. The Hall–Kier alpha value is -2.36. The molecule has 10 nitrogen and oxygen atoms in total. The summed E-state index contributed by atoms with van der Waals surface area (Å²) >= 11 is 4.55. The van der Waals surface area contributed by atoms with Crippen LogP contribution in [0, 0.1) is 0 Å². The number of aliphatic imine (C=N–C) groups is 1. The summed E-state index contributed by atoms with van der Waals surface area (Å²) in [7, 11) is 0. The highest BCUT2D eigenvalue weighted by molar-refractivity contribution is 7.78. The van der Waals surface area contributed by atoms with Crippen LogP contribution in [0.4, 0.5) is 0 Å². The van der Waals surface area contributed by atoms with E-state index in [1.165, 1.54) is 6.92 Å². The molecule has 0 aromatic heterocycles. The summed E-state index contributed by atoms with van der Waals surface area (Å²) in [5.41, 5.74) is 0. The van der Waals surface area contributed by atoms with Crippen LogP contribution in [0.15, 0.2) is 4.99 Å². The summed E-state index contributed by atoms with van der Waals surface area (Å²) in [4.78, 5) is 49.3. The van der Waals surface area contributed by atoms with Crippen LogP contribution >= 0.6 is 12.2 Å². The first-order valence-corrected chi connectivity index (χ1v) is 7.94. The number of rotatable bonds is 6. The van der Waals surface area contributed by atoms with Crippen molar-refractivity contribution in [3.05, 3.63) is 0 Å². The number of hydrogen-bond donors (Lipinski definition) is 0. The van der Waals surface area contributed by atoms with Crippen molar-refractivity contribution in [3.8, 4) is 0 Å². The average molecular weight is 389 g/mol. The monoisotopic (exact) mass is 389 g/mol. The molecule has 0 saturated carbocycles. The van der Waals surface area contributed by atoms with E-state index in [-0.39, 0.29) is 6.61 Å². The van der Waals surface area contributed by atoms with E-state index >= 15 is 0 Å². The van der Waals surface area contributed by atoms with Crippen LogP contribution in [0.2, 0.25) is 0 Å². The number of nitrogens with zero attached hydrogens (tertiary/aromatic N) is 1. The van der Waals surface area contributed by atoms with Gasteiger partial charge in [0.05, 0.1) is 5.16 Å². The molecule has 0 amide bonds. The van der Waals surface area contributed by atoms with Gasteiger partial charge >= 0.3 is 23.9 Å². The SMILES string of the molecule is CC(=O)OC[C@H]1O[C@@H](N=C=S)[C@H](OC(C)=O)[C@@H](OC(C)=O)C1OC(C)=O.